The first-order chi connectivity index (χ1) is 17.6. The highest BCUT2D eigenvalue weighted by atomic mass is 16.5. The van der Waals surface area contributed by atoms with Gasteiger partial charge in [0.2, 0.25) is 5.89 Å². The molecule has 7 heteroatoms. The number of amides is 1. The summed E-state index contributed by atoms with van der Waals surface area (Å²) >= 11 is 0. The van der Waals surface area contributed by atoms with Crippen LogP contribution in [0.4, 0.5) is 5.69 Å². The van der Waals surface area contributed by atoms with Crippen LogP contribution in [-0.4, -0.2) is 31.7 Å². The summed E-state index contributed by atoms with van der Waals surface area (Å²) in [6, 6.07) is 21.4. The first-order valence-electron chi connectivity index (χ1n) is 11.9. The third kappa shape index (κ3) is 4.77. The molecular weight excluding hydrogens is 454 g/mol. The van der Waals surface area contributed by atoms with Crippen LogP contribution in [0.2, 0.25) is 0 Å². The fraction of sp³-hybridized carbons (Fsp3) is 0.241. The van der Waals surface area contributed by atoms with Crippen molar-refractivity contribution >= 4 is 11.6 Å². The van der Waals surface area contributed by atoms with Gasteiger partial charge in [-0.3, -0.25) is 4.79 Å². The molecule has 4 aromatic rings. The molecule has 0 unspecified atom stereocenters. The second-order valence-electron chi connectivity index (χ2n) is 8.77. The fourth-order valence-electron chi connectivity index (χ4n) is 4.49. The molecule has 184 valence electrons. The van der Waals surface area contributed by atoms with Crippen LogP contribution in [-0.2, 0) is 19.5 Å². The van der Waals surface area contributed by atoms with Crippen molar-refractivity contribution in [1.29, 1.82) is 0 Å². The highest BCUT2D eigenvalue weighted by Crippen LogP contribution is 2.31. The lowest BCUT2D eigenvalue weighted by molar-refractivity contribution is 0.0951. The number of nitrogens with one attached hydrogen (secondary N) is 1. The Balaban J connectivity index is 1.23. The molecular formula is C29H29N3O4. The molecule has 3 aromatic carbocycles. The van der Waals surface area contributed by atoms with Gasteiger partial charge in [-0.25, -0.2) is 4.98 Å². The van der Waals surface area contributed by atoms with Gasteiger partial charge < -0.3 is 24.1 Å². The summed E-state index contributed by atoms with van der Waals surface area (Å²) in [5.41, 5.74) is 5.89. The topological polar surface area (TPSA) is 76.8 Å². The predicted molar refractivity (Wildman–Crippen MR) is 139 cm³/mol. The van der Waals surface area contributed by atoms with Crippen LogP contribution in [0.25, 0.3) is 11.5 Å². The molecule has 1 aliphatic rings. The lowest BCUT2D eigenvalue weighted by Crippen LogP contribution is -2.22. The van der Waals surface area contributed by atoms with Crippen LogP contribution < -0.4 is 19.7 Å². The summed E-state index contributed by atoms with van der Waals surface area (Å²) < 4.78 is 16.6. The van der Waals surface area contributed by atoms with E-state index in [2.05, 4.69) is 34.5 Å². The zero-order valence-corrected chi connectivity index (χ0v) is 20.7. The van der Waals surface area contributed by atoms with E-state index in [0.29, 0.717) is 36.0 Å². The number of hydrogen-bond donors (Lipinski definition) is 1. The van der Waals surface area contributed by atoms with Gasteiger partial charge in [0.05, 0.1) is 20.8 Å². The number of carbonyl (C=O) groups excluding carboxylic acids is 1. The Morgan fingerprint density at radius 1 is 1.03 bits per heavy atom. The fourth-order valence-corrected chi connectivity index (χ4v) is 4.49. The van der Waals surface area contributed by atoms with Gasteiger partial charge in [0.15, 0.2) is 11.5 Å². The summed E-state index contributed by atoms with van der Waals surface area (Å²) in [5.74, 6) is 2.49. The second kappa shape index (κ2) is 10.2. The number of carbonyl (C=O) groups is 1. The Labute approximate surface area is 210 Å². The largest absolute Gasteiger partial charge is 0.493 e. The number of rotatable bonds is 8. The molecule has 1 aliphatic heterocycles. The van der Waals surface area contributed by atoms with Gasteiger partial charge in [0.25, 0.3) is 5.91 Å². The molecule has 1 aromatic heterocycles. The monoisotopic (exact) mass is 483 g/mol. The third-order valence-corrected chi connectivity index (χ3v) is 6.51. The third-order valence-electron chi connectivity index (χ3n) is 6.51. The number of aromatic nitrogens is 1. The van der Waals surface area contributed by atoms with Crippen LogP contribution in [0.5, 0.6) is 11.5 Å². The molecule has 0 saturated carbocycles. The first-order valence-corrected chi connectivity index (χ1v) is 11.9. The van der Waals surface area contributed by atoms with Gasteiger partial charge in [-0.2, -0.15) is 0 Å². The maximum atomic E-state index is 12.7. The van der Waals surface area contributed by atoms with E-state index in [1.807, 2.05) is 37.3 Å². The number of anilines is 1. The van der Waals surface area contributed by atoms with Crippen LogP contribution in [0.15, 0.2) is 71.1 Å². The van der Waals surface area contributed by atoms with E-state index >= 15 is 0 Å². The van der Waals surface area contributed by atoms with Crippen molar-refractivity contribution in [2.45, 2.75) is 26.4 Å². The van der Waals surface area contributed by atoms with Crippen molar-refractivity contribution in [2.24, 2.45) is 0 Å². The average molecular weight is 484 g/mol. The van der Waals surface area contributed by atoms with Crippen LogP contribution in [0, 0.1) is 6.92 Å². The van der Waals surface area contributed by atoms with Crippen LogP contribution >= 0.6 is 0 Å². The van der Waals surface area contributed by atoms with Gasteiger partial charge >= 0.3 is 0 Å². The number of fused-ring (bicyclic) bond motifs is 1. The molecule has 7 nitrogen and oxygen atoms in total. The first kappa shape index (κ1) is 23.5. The highest BCUT2D eigenvalue weighted by molar-refractivity contribution is 5.94. The standard InChI is InChI=1S/C29H29N3O4/c1-19-24(18-32-15-14-21-6-4-5-7-25(21)32)31-29(36-19)23-11-9-22(10-12-23)28(33)30-17-20-8-13-26(34-2)27(16-20)35-3/h4-13,16H,14-15,17-18H2,1-3H3,(H,30,33). The van der Waals surface area contributed by atoms with Crippen LogP contribution in [0.3, 0.4) is 0 Å². The summed E-state index contributed by atoms with van der Waals surface area (Å²) in [7, 11) is 3.18. The minimum atomic E-state index is -0.159. The molecule has 0 fully saturated rings. The molecule has 0 saturated heterocycles. The van der Waals surface area contributed by atoms with Crippen molar-refractivity contribution in [3.8, 4) is 23.0 Å². The van der Waals surface area contributed by atoms with Gasteiger partial charge in [-0.15, -0.1) is 0 Å². The minimum absolute atomic E-state index is 0.159. The second-order valence-corrected chi connectivity index (χ2v) is 8.77. The van der Waals surface area contributed by atoms with E-state index < -0.39 is 0 Å². The Hall–Kier alpha value is -4.26. The number of hydrogen-bond acceptors (Lipinski definition) is 6. The normalized spacial score (nSPS) is 12.4. The number of methoxy groups -OCH3 is 2. The zero-order chi connectivity index (χ0) is 25.1. The quantitative estimate of drug-likeness (QED) is 0.373. The van der Waals surface area contributed by atoms with E-state index in [1.165, 1.54) is 11.3 Å². The maximum Gasteiger partial charge on any atom is 0.251 e. The lowest BCUT2D eigenvalue weighted by Gasteiger charge is -2.17. The molecule has 0 atom stereocenters. The highest BCUT2D eigenvalue weighted by Gasteiger charge is 2.21. The minimum Gasteiger partial charge on any atom is -0.493 e. The van der Waals surface area contributed by atoms with Crippen molar-refractivity contribution in [2.75, 3.05) is 25.7 Å². The number of aryl methyl sites for hydroxylation is 1. The van der Waals surface area contributed by atoms with Crippen LogP contribution in [0.1, 0.15) is 32.9 Å². The number of nitrogens with zero attached hydrogens (tertiary/aromatic N) is 2. The SMILES string of the molecule is COc1ccc(CNC(=O)c2ccc(-c3nc(CN4CCc5ccccc54)c(C)o3)cc2)cc1OC. The summed E-state index contributed by atoms with van der Waals surface area (Å²) in [6.45, 7) is 4.02. The van der Waals surface area contributed by atoms with E-state index in [4.69, 9.17) is 18.9 Å². The Kier molecular flexibility index (Phi) is 6.62. The molecule has 5 rings (SSSR count). The van der Waals surface area contributed by atoms with Gasteiger partial charge in [-0.05, 0) is 66.9 Å². The molecule has 2 heterocycles. The molecule has 0 bridgehead atoms. The number of benzene rings is 3. The van der Waals surface area contributed by atoms with Crippen molar-refractivity contribution in [1.82, 2.24) is 10.3 Å². The molecule has 1 amide bonds. The van der Waals surface area contributed by atoms with E-state index in [9.17, 15) is 4.79 Å². The summed E-state index contributed by atoms with van der Waals surface area (Å²) in [5, 5.41) is 2.95. The number of oxazole rings is 1. The van der Waals surface area contributed by atoms with Gasteiger partial charge in [-0.1, -0.05) is 24.3 Å². The number of ether oxygens (including phenoxy) is 2. The molecule has 0 spiro atoms. The van der Waals surface area contributed by atoms with Gasteiger partial charge in [0, 0.05) is 29.9 Å². The molecule has 1 N–H and O–H groups in total. The van der Waals surface area contributed by atoms with E-state index in [-0.39, 0.29) is 5.91 Å². The smallest absolute Gasteiger partial charge is 0.251 e. The summed E-state index contributed by atoms with van der Waals surface area (Å²) in [4.78, 5) is 19.8. The lowest BCUT2D eigenvalue weighted by atomic mass is 10.1. The average Bonchev–Trinajstić information content (AvgIpc) is 3.50. The maximum absolute atomic E-state index is 12.7. The summed E-state index contributed by atoms with van der Waals surface area (Å²) in [6.07, 6.45) is 1.05. The van der Waals surface area contributed by atoms with Gasteiger partial charge in [0.1, 0.15) is 11.5 Å². The Morgan fingerprint density at radius 2 is 1.81 bits per heavy atom. The molecule has 36 heavy (non-hydrogen) atoms. The predicted octanol–water partition coefficient (Wildman–Crippen LogP) is 5.16. The van der Waals surface area contributed by atoms with Crippen molar-refractivity contribution in [3.63, 3.8) is 0 Å². The number of para-hydroxylation sites is 1. The Morgan fingerprint density at radius 3 is 2.58 bits per heavy atom. The zero-order valence-electron chi connectivity index (χ0n) is 20.7. The Bertz CT molecular complexity index is 1380. The van der Waals surface area contributed by atoms with E-state index in [1.54, 1.807) is 26.4 Å². The van der Waals surface area contributed by atoms with Crippen molar-refractivity contribution in [3.05, 3.63) is 94.9 Å². The molecule has 0 aliphatic carbocycles. The van der Waals surface area contributed by atoms with Crippen molar-refractivity contribution < 1.29 is 18.7 Å². The molecule has 0 radical (unpaired) electrons. The van der Waals surface area contributed by atoms with E-state index in [0.717, 1.165) is 35.5 Å².